The Balaban J connectivity index is 2.02. The molecule has 64 valence electrons. The average molecular weight is 154 g/mol. The van der Waals surface area contributed by atoms with E-state index in [4.69, 9.17) is 0 Å². The van der Waals surface area contributed by atoms with Gasteiger partial charge in [-0.3, -0.25) is 4.90 Å². The summed E-state index contributed by atoms with van der Waals surface area (Å²) >= 11 is 0. The summed E-state index contributed by atoms with van der Waals surface area (Å²) in [7, 11) is 0. The molecule has 1 unspecified atom stereocenters. The molecule has 2 saturated heterocycles. The fraction of sp³-hybridized carbons (Fsp3) is 1.00. The molecule has 0 bridgehead atoms. The highest BCUT2D eigenvalue weighted by Crippen LogP contribution is 2.23. The van der Waals surface area contributed by atoms with Gasteiger partial charge in [0.15, 0.2) is 0 Å². The van der Waals surface area contributed by atoms with Crippen LogP contribution in [0.2, 0.25) is 0 Å². The van der Waals surface area contributed by atoms with E-state index in [1.54, 1.807) is 0 Å². The Kier molecular flexibility index (Phi) is 1.69. The summed E-state index contributed by atoms with van der Waals surface area (Å²) in [6.07, 6.45) is 2.81. The quantitative estimate of drug-likeness (QED) is 0.556. The zero-order valence-corrected chi connectivity index (χ0v) is 7.56. The van der Waals surface area contributed by atoms with Gasteiger partial charge in [-0.1, -0.05) is 0 Å². The predicted molar refractivity (Wildman–Crippen MR) is 46.7 cm³/mol. The highest BCUT2D eigenvalue weighted by Gasteiger charge is 2.34. The lowest BCUT2D eigenvalue weighted by Crippen LogP contribution is -2.59. The van der Waals surface area contributed by atoms with Crippen molar-refractivity contribution < 1.29 is 0 Å². The van der Waals surface area contributed by atoms with E-state index in [2.05, 4.69) is 24.1 Å². The van der Waals surface area contributed by atoms with Crippen LogP contribution in [0.5, 0.6) is 0 Å². The van der Waals surface area contributed by atoms with Gasteiger partial charge in [0.05, 0.1) is 0 Å². The van der Waals surface area contributed by atoms with Crippen molar-refractivity contribution in [1.29, 1.82) is 0 Å². The van der Waals surface area contributed by atoms with Gasteiger partial charge in [0.2, 0.25) is 0 Å². The molecule has 1 N–H and O–H groups in total. The Labute approximate surface area is 69.0 Å². The first kappa shape index (κ1) is 7.56. The number of rotatable bonds is 0. The molecule has 0 radical (unpaired) electrons. The van der Waals surface area contributed by atoms with E-state index in [9.17, 15) is 0 Å². The van der Waals surface area contributed by atoms with Gasteiger partial charge in [-0.15, -0.1) is 0 Å². The molecule has 2 fully saturated rings. The molecule has 0 aromatic carbocycles. The number of fused-ring (bicyclic) bond motifs is 1. The van der Waals surface area contributed by atoms with Crippen LogP contribution in [0.4, 0.5) is 0 Å². The van der Waals surface area contributed by atoms with Crippen LogP contribution < -0.4 is 5.32 Å². The van der Waals surface area contributed by atoms with E-state index in [0.717, 1.165) is 6.04 Å². The Bertz CT molecular complexity index is 154. The molecule has 0 aromatic heterocycles. The third-order valence-electron chi connectivity index (χ3n) is 2.91. The number of nitrogens with zero attached hydrogens (tertiary/aromatic N) is 1. The molecule has 2 aliphatic rings. The lowest BCUT2D eigenvalue weighted by atomic mass is 10.00. The standard InChI is InChI=1S/C9H18N2/c1-9(2)7-11-5-3-4-8(11)6-10-9/h8,10H,3-7H2,1-2H3. The minimum Gasteiger partial charge on any atom is -0.309 e. The van der Waals surface area contributed by atoms with Crippen molar-refractivity contribution in [2.45, 2.75) is 38.3 Å². The van der Waals surface area contributed by atoms with Gasteiger partial charge in [0.1, 0.15) is 0 Å². The van der Waals surface area contributed by atoms with Crippen LogP contribution in [0.15, 0.2) is 0 Å². The molecule has 0 spiro atoms. The molecule has 2 nitrogen and oxygen atoms in total. The first-order chi connectivity index (χ1) is 5.17. The Morgan fingerprint density at radius 3 is 3.09 bits per heavy atom. The number of hydrogen-bond acceptors (Lipinski definition) is 2. The third kappa shape index (κ3) is 1.42. The van der Waals surface area contributed by atoms with Crippen molar-refractivity contribution in [2.75, 3.05) is 19.6 Å². The SMILES string of the molecule is CC1(C)CN2CCCC2CN1. The van der Waals surface area contributed by atoms with Crippen molar-refractivity contribution in [1.82, 2.24) is 10.2 Å². The highest BCUT2D eigenvalue weighted by molar-refractivity contribution is 4.94. The maximum absolute atomic E-state index is 3.59. The molecule has 2 rings (SSSR count). The molecule has 0 aromatic rings. The normalized spacial score (nSPS) is 37.1. The monoisotopic (exact) mass is 154 g/mol. The van der Waals surface area contributed by atoms with Crippen LogP contribution in [0.1, 0.15) is 26.7 Å². The average Bonchev–Trinajstić information content (AvgIpc) is 2.31. The van der Waals surface area contributed by atoms with Crippen molar-refractivity contribution in [3.63, 3.8) is 0 Å². The summed E-state index contributed by atoms with van der Waals surface area (Å²) in [6.45, 7) is 8.35. The zero-order valence-electron chi connectivity index (χ0n) is 7.56. The van der Waals surface area contributed by atoms with Gasteiger partial charge in [-0.05, 0) is 33.2 Å². The van der Waals surface area contributed by atoms with Crippen molar-refractivity contribution >= 4 is 0 Å². The van der Waals surface area contributed by atoms with Crippen LogP contribution in [-0.4, -0.2) is 36.1 Å². The number of nitrogens with one attached hydrogen (secondary N) is 1. The van der Waals surface area contributed by atoms with E-state index >= 15 is 0 Å². The van der Waals surface area contributed by atoms with Gasteiger partial charge < -0.3 is 5.32 Å². The largest absolute Gasteiger partial charge is 0.309 e. The minimum absolute atomic E-state index is 0.348. The van der Waals surface area contributed by atoms with E-state index in [1.165, 1.54) is 32.5 Å². The van der Waals surface area contributed by atoms with Gasteiger partial charge in [-0.25, -0.2) is 0 Å². The predicted octanol–water partition coefficient (Wildman–Crippen LogP) is 0.833. The maximum Gasteiger partial charge on any atom is 0.0252 e. The van der Waals surface area contributed by atoms with Gasteiger partial charge in [0.25, 0.3) is 0 Å². The van der Waals surface area contributed by atoms with E-state index < -0.39 is 0 Å². The molecule has 0 saturated carbocycles. The summed E-state index contributed by atoms with van der Waals surface area (Å²) in [5.41, 5.74) is 0.348. The zero-order chi connectivity index (χ0) is 7.90. The lowest BCUT2D eigenvalue weighted by Gasteiger charge is -2.41. The Morgan fingerprint density at radius 1 is 1.45 bits per heavy atom. The van der Waals surface area contributed by atoms with Gasteiger partial charge in [-0.2, -0.15) is 0 Å². The molecular weight excluding hydrogens is 136 g/mol. The van der Waals surface area contributed by atoms with E-state index in [0.29, 0.717) is 5.54 Å². The van der Waals surface area contributed by atoms with Gasteiger partial charge >= 0.3 is 0 Å². The Hall–Kier alpha value is -0.0800. The van der Waals surface area contributed by atoms with Crippen LogP contribution in [0.25, 0.3) is 0 Å². The molecule has 0 amide bonds. The van der Waals surface area contributed by atoms with Crippen molar-refractivity contribution in [3.8, 4) is 0 Å². The second-order valence-corrected chi connectivity index (χ2v) is 4.53. The molecule has 1 atom stereocenters. The number of hydrogen-bond donors (Lipinski definition) is 1. The molecule has 2 heterocycles. The highest BCUT2D eigenvalue weighted by atomic mass is 15.3. The third-order valence-corrected chi connectivity index (χ3v) is 2.91. The molecular formula is C9H18N2. The summed E-state index contributed by atoms with van der Waals surface area (Å²) in [6, 6.07) is 0.850. The van der Waals surface area contributed by atoms with Crippen molar-refractivity contribution in [2.24, 2.45) is 0 Å². The molecule has 2 aliphatic heterocycles. The first-order valence-corrected chi connectivity index (χ1v) is 4.66. The van der Waals surface area contributed by atoms with E-state index in [-0.39, 0.29) is 0 Å². The second-order valence-electron chi connectivity index (χ2n) is 4.53. The van der Waals surface area contributed by atoms with Gasteiger partial charge in [0, 0.05) is 24.7 Å². The molecule has 11 heavy (non-hydrogen) atoms. The van der Waals surface area contributed by atoms with Crippen LogP contribution in [-0.2, 0) is 0 Å². The fourth-order valence-corrected chi connectivity index (χ4v) is 2.29. The van der Waals surface area contributed by atoms with Crippen LogP contribution in [0.3, 0.4) is 0 Å². The topological polar surface area (TPSA) is 15.3 Å². The minimum atomic E-state index is 0.348. The van der Waals surface area contributed by atoms with Crippen LogP contribution in [0, 0.1) is 0 Å². The Morgan fingerprint density at radius 2 is 2.27 bits per heavy atom. The summed E-state index contributed by atoms with van der Waals surface area (Å²) in [4.78, 5) is 2.64. The first-order valence-electron chi connectivity index (χ1n) is 4.66. The maximum atomic E-state index is 3.59. The second kappa shape index (κ2) is 2.46. The molecule has 2 heteroatoms. The van der Waals surface area contributed by atoms with E-state index in [1.807, 2.05) is 0 Å². The number of piperazine rings is 1. The molecule has 0 aliphatic carbocycles. The fourth-order valence-electron chi connectivity index (χ4n) is 2.29. The van der Waals surface area contributed by atoms with Crippen LogP contribution >= 0.6 is 0 Å². The van der Waals surface area contributed by atoms with Crippen molar-refractivity contribution in [3.05, 3.63) is 0 Å². The smallest absolute Gasteiger partial charge is 0.0252 e. The lowest BCUT2D eigenvalue weighted by molar-refractivity contribution is 0.131. The summed E-state index contributed by atoms with van der Waals surface area (Å²) < 4.78 is 0. The summed E-state index contributed by atoms with van der Waals surface area (Å²) in [5.74, 6) is 0. The summed E-state index contributed by atoms with van der Waals surface area (Å²) in [5, 5.41) is 3.59.